The maximum Gasteiger partial charge on any atom is 0.114 e. The molecule has 0 N–H and O–H groups in total. The topological polar surface area (TPSA) is 13.1 Å². The van der Waals surface area contributed by atoms with Crippen LogP contribution in [0.4, 0.5) is 0 Å². The summed E-state index contributed by atoms with van der Waals surface area (Å²) in [6.07, 6.45) is 1.70. The van der Waals surface area contributed by atoms with Gasteiger partial charge in [0.05, 0.1) is 6.26 Å². The molecule has 0 unspecified atom stereocenters. The molecule has 0 spiro atoms. The van der Waals surface area contributed by atoms with Crippen LogP contribution in [-0.2, 0) is 0 Å². The summed E-state index contributed by atoms with van der Waals surface area (Å²) in [5, 5.41) is 0. The van der Waals surface area contributed by atoms with E-state index in [9.17, 15) is 0 Å². The van der Waals surface area contributed by atoms with Gasteiger partial charge in [-0.1, -0.05) is 0 Å². The lowest BCUT2D eigenvalue weighted by Crippen LogP contribution is -1.78. The van der Waals surface area contributed by atoms with Gasteiger partial charge in [-0.25, -0.2) is 0 Å². The molecule has 0 radical (unpaired) electrons. The minimum Gasteiger partial charge on any atom is -0.468 e. The van der Waals surface area contributed by atoms with E-state index in [0.29, 0.717) is 5.88 Å². The predicted molar refractivity (Wildman–Crippen MR) is 44.9 cm³/mol. The van der Waals surface area contributed by atoms with E-state index in [-0.39, 0.29) is 0 Å². The highest BCUT2D eigenvalue weighted by atomic mass is 35.5. The second kappa shape index (κ2) is 3.94. The largest absolute Gasteiger partial charge is 0.468 e. The Bertz CT molecular complexity index is 197. The molecule has 3 heteroatoms. The quantitative estimate of drug-likeness (QED) is 0.519. The molecule has 56 valence electrons. The first kappa shape index (κ1) is 8.02. The average Bonchev–Trinajstić information content (AvgIpc) is 2.31. The molecule has 10 heavy (non-hydrogen) atoms. The third kappa shape index (κ3) is 1.96. The van der Waals surface area contributed by atoms with Crippen molar-refractivity contribution in [2.45, 2.75) is 11.8 Å². The molecule has 0 bridgehead atoms. The minimum atomic E-state index is 0.690. The van der Waals surface area contributed by atoms with Gasteiger partial charge < -0.3 is 4.42 Å². The number of aryl methyl sites for hydroxylation is 1. The van der Waals surface area contributed by atoms with E-state index in [0.717, 1.165) is 11.5 Å². The van der Waals surface area contributed by atoms with Crippen LogP contribution in [0.1, 0.15) is 5.76 Å². The monoisotopic (exact) mass is 176 g/mol. The summed E-state index contributed by atoms with van der Waals surface area (Å²) < 4.78 is 5.10. The Morgan fingerprint density at radius 1 is 1.70 bits per heavy atom. The fourth-order valence-corrected chi connectivity index (χ4v) is 1.60. The molecule has 0 aliphatic rings. The summed E-state index contributed by atoms with van der Waals surface area (Å²) in [5.74, 6) is 2.62. The lowest BCUT2D eigenvalue weighted by Gasteiger charge is -1.93. The molecule has 1 nitrogen and oxygen atoms in total. The number of hydrogen-bond donors (Lipinski definition) is 0. The van der Waals surface area contributed by atoms with Crippen molar-refractivity contribution in [1.29, 1.82) is 0 Å². The summed E-state index contributed by atoms with van der Waals surface area (Å²) in [5.41, 5.74) is 0. The first-order valence-corrected chi connectivity index (χ1v) is 4.59. The van der Waals surface area contributed by atoms with Crippen LogP contribution in [0.15, 0.2) is 21.6 Å². The molecule has 0 aromatic carbocycles. The number of hydrogen-bond acceptors (Lipinski definition) is 2. The Kier molecular flexibility index (Phi) is 3.16. The first-order chi connectivity index (χ1) is 4.84. The third-order valence-corrected chi connectivity index (χ3v) is 2.70. The van der Waals surface area contributed by atoms with Crippen molar-refractivity contribution in [2.24, 2.45) is 0 Å². The fourth-order valence-electron chi connectivity index (χ4n) is 0.672. The normalized spacial score (nSPS) is 10.2. The van der Waals surface area contributed by atoms with Gasteiger partial charge >= 0.3 is 0 Å². The molecule has 0 fully saturated rings. The van der Waals surface area contributed by atoms with Gasteiger partial charge in [0, 0.05) is 16.5 Å². The second-order valence-electron chi connectivity index (χ2n) is 1.88. The van der Waals surface area contributed by atoms with Gasteiger partial charge in [-0.2, -0.15) is 0 Å². The number of thioether (sulfide) groups is 1. The highest BCUT2D eigenvalue weighted by molar-refractivity contribution is 7.99. The van der Waals surface area contributed by atoms with Crippen molar-refractivity contribution in [3.05, 3.63) is 18.1 Å². The van der Waals surface area contributed by atoms with Gasteiger partial charge in [-0.15, -0.1) is 23.4 Å². The molecule has 1 aromatic heterocycles. The summed E-state index contributed by atoms with van der Waals surface area (Å²) in [4.78, 5) is 1.20. The van der Waals surface area contributed by atoms with E-state index in [1.54, 1.807) is 18.0 Å². The minimum absolute atomic E-state index is 0.690. The van der Waals surface area contributed by atoms with E-state index in [1.807, 2.05) is 13.0 Å². The van der Waals surface area contributed by atoms with Gasteiger partial charge in [0.25, 0.3) is 0 Å². The molecular weight excluding hydrogens is 168 g/mol. The highest BCUT2D eigenvalue weighted by Crippen LogP contribution is 2.22. The summed E-state index contributed by atoms with van der Waals surface area (Å²) in [6.45, 7) is 1.95. The van der Waals surface area contributed by atoms with Crippen LogP contribution >= 0.6 is 23.4 Å². The molecule has 0 atom stereocenters. The average molecular weight is 177 g/mol. The van der Waals surface area contributed by atoms with Crippen molar-refractivity contribution in [1.82, 2.24) is 0 Å². The number of furan rings is 1. The SMILES string of the molecule is Cc1occc1SCCCl. The maximum absolute atomic E-state index is 5.52. The second-order valence-corrected chi connectivity index (χ2v) is 3.39. The zero-order valence-electron chi connectivity index (χ0n) is 5.76. The first-order valence-electron chi connectivity index (χ1n) is 3.07. The van der Waals surface area contributed by atoms with Crippen molar-refractivity contribution in [3.8, 4) is 0 Å². The van der Waals surface area contributed by atoms with Gasteiger partial charge in [0.15, 0.2) is 0 Å². The molecule has 0 aliphatic heterocycles. The molecule has 0 saturated carbocycles. The van der Waals surface area contributed by atoms with E-state index >= 15 is 0 Å². The Labute approximate surface area is 69.7 Å². The number of rotatable bonds is 3. The highest BCUT2D eigenvalue weighted by Gasteiger charge is 1.99. The van der Waals surface area contributed by atoms with Crippen molar-refractivity contribution >= 4 is 23.4 Å². The van der Waals surface area contributed by atoms with Crippen LogP contribution in [0.5, 0.6) is 0 Å². The standard InChI is InChI=1S/C7H9ClOS/c1-6-7(2-4-9-6)10-5-3-8/h2,4H,3,5H2,1H3. The van der Waals surface area contributed by atoms with Crippen molar-refractivity contribution in [2.75, 3.05) is 11.6 Å². The van der Waals surface area contributed by atoms with Gasteiger partial charge in [-0.3, -0.25) is 0 Å². The van der Waals surface area contributed by atoms with Crippen LogP contribution in [0.3, 0.4) is 0 Å². The van der Waals surface area contributed by atoms with Gasteiger partial charge in [0.2, 0.25) is 0 Å². The third-order valence-electron chi connectivity index (χ3n) is 1.15. The Balaban J connectivity index is 2.49. The molecule has 1 heterocycles. The smallest absolute Gasteiger partial charge is 0.114 e. The maximum atomic E-state index is 5.52. The number of halogens is 1. The van der Waals surface area contributed by atoms with Crippen molar-refractivity contribution < 1.29 is 4.42 Å². The summed E-state index contributed by atoms with van der Waals surface area (Å²) >= 11 is 7.25. The molecule has 1 rings (SSSR count). The van der Waals surface area contributed by atoms with E-state index in [2.05, 4.69) is 0 Å². The predicted octanol–water partition coefficient (Wildman–Crippen LogP) is 2.92. The zero-order chi connectivity index (χ0) is 7.40. The Morgan fingerprint density at radius 2 is 2.50 bits per heavy atom. The summed E-state index contributed by atoms with van der Waals surface area (Å²) in [7, 11) is 0. The van der Waals surface area contributed by atoms with Crippen molar-refractivity contribution in [3.63, 3.8) is 0 Å². The van der Waals surface area contributed by atoms with Crippen LogP contribution in [0, 0.1) is 6.92 Å². The van der Waals surface area contributed by atoms with Gasteiger partial charge in [0.1, 0.15) is 5.76 Å². The molecular formula is C7H9ClOS. The number of alkyl halides is 1. The zero-order valence-corrected chi connectivity index (χ0v) is 7.34. The van der Waals surface area contributed by atoms with E-state index in [4.69, 9.17) is 16.0 Å². The Morgan fingerprint density at radius 3 is 3.00 bits per heavy atom. The van der Waals surface area contributed by atoms with Crippen LogP contribution in [0.25, 0.3) is 0 Å². The van der Waals surface area contributed by atoms with Crippen LogP contribution in [-0.4, -0.2) is 11.6 Å². The molecule has 1 aromatic rings. The van der Waals surface area contributed by atoms with E-state index in [1.165, 1.54) is 4.90 Å². The molecule has 0 aliphatic carbocycles. The summed E-state index contributed by atoms with van der Waals surface area (Å²) in [6, 6.07) is 1.96. The fraction of sp³-hybridized carbons (Fsp3) is 0.429. The van der Waals surface area contributed by atoms with Crippen LogP contribution in [0.2, 0.25) is 0 Å². The van der Waals surface area contributed by atoms with E-state index < -0.39 is 0 Å². The van der Waals surface area contributed by atoms with Gasteiger partial charge in [-0.05, 0) is 13.0 Å². The lowest BCUT2D eigenvalue weighted by atomic mass is 10.5. The lowest BCUT2D eigenvalue weighted by molar-refractivity contribution is 0.527. The van der Waals surface area contributed by atoms with Crippen LogP contribution < -0.4 is 0 Å². The molecule has 0 saturated heterocycles. The molecule has 0 amide bonds. The Hall–Kier alpha value is -0.0800.